The number of nitrogens with zero attached hydrogens (tertiary/aromatic N) is 3. The van der Waals surface area contributed by atoms with E-state index in [-0.39, 0.29) is 0 Å². The lowest BCUT2D eigenvalue weighted by Crippen LogP contribution is -1.99. The molecule has 3 heteroatoms. The zero-order valence-corrected chi connectivity index (χ0v) is 26.4. The third-order valence-electron chi connectivity index (χ3n) is 10.3. The zero-order valence-electron chi connectivity index (χ0n) is 26.4. The van der Waals surface area contributed by atoms with Crippen molar-refractivity contribution in [2.24, 2.45) is 0 Å². The third kappa shape index (κ3) is 3.67. The Labute approximate surface area is 282 Å². The molecular weight excluding hydrogens is 595 g/mol. The molecule has 0 N–H and O–H groups in total. The number of rotatable bonds is 3. The minimum absolute atomic E-state index is 0.720. The van der Waals surface area contributed by atoms with Crippen molar-refractivity contribution in [1.82, 2.24) is 14.5 Å². The lowest BCUT2D eigenvalue weighted by Gasteiger charge is -2.15. The fourth-order valence-electron chi connectivity index (χ4n) is 8.25. The van der Waals surface area contributed by atoms with Crippen LogP contribution in [0.25, 0.3) is 105 Å². The number of aromatic nitrogens is 3. The second kappa shape index (κ2) is 9.96. The van der Waals surface area contributed by atoms with Gasteiger partial charge in [0.15, 0.2) is 5.82 Å². The Hall–Kier alpha value is -6.58. The Kier molecular flexibility index (Phi) is 5.38. The van der Waals surface area contributed by atoms with Gasteiger partial charge >= 0.3 is 0 Å². The summed E-state index contributed by atoms with van der Waals surface area (Å²) in [5.74, 6) is 0.720. The predicted octanol–water partition coefficient (Wildman–Crippen LogP) is 12.0. The van der Waals surface area contributed by atoms with Gasteiger partial charge in [0.1, 0.15) is 0 Å². The molecule has 10 aromatic rings. The van der Waals surface area contributed by atoms with Gasteiger partial charge in [-0.15, -0.1) is 0 Å². The number of fused-ring (bicyclic) bond motifs is 11. The second-order valence-corrected chi connectivity index (χ2v) is 12.9. The van der Waals surface area contributed by atoms with Crippen LogP contribution < -0.4 is 0 Å². The molecule has 0 amide bonds. The SMILES string of the molecule is c1ccc(-c2nc(-c3ccc(-n4c5c(c6ccccc64)-c4cccc6cccc-5c46)cc3)nc3c4ccccc4c4ccccc4c23)cc1. The van der Waals surface area contributed by atoms with Crippen molar-refractivity contribution < 1.29 is 0 Å². The Morgan fingerprint density at radius 2 is 1.04 bits per heavy atom. The van der Waals surface area contributed by atoms with E-state index in [4.69, 9.17) is 9.97 Å². The van der Waals surface area contributed by atoms with Gasteiger partial charge in [0, 0.05) is 44.1 Å². The van der Waals surface area contributed by atoms with Crippen molar-refractivity contribution in [2.75, 3.05) is 0 Å². The van der Waals surface area contributed by atoms with E-state index in [1.165, 1.54) is 60.2 Å². The number of para-hydroxylation sites is 1. The monoisotopic (exact) mass is 621 g/mol. The Morgan fingerprint density at radius 1 is 0.408 bits per heavy atom. The summed E-state index contributed by atoms with van der Waals surface area (Å²) >= 11 is 0. The minimum Gasteiger partial charge on any atom is -0.309 e. The van der Waals surface area contributed by atoms with Crippen LogP contribution in [0.2, 0.25) is 0 Å². The van der Waals surface area contributed by atoms with E-state index in [1.54, 1.807) is 0 Å². The molecule has 0 unspecified atom stereocenters. The van der Waals surface area contributed by atoms with Gasteiger partial charge < -0.3 is 4.57 Å². The molecule has 0 aliphatic heterocycles. The van der Waals surface area contributed by atoms with Gasteiger partial charge in [0.2, 0.25) is 0 Å². The van der Waals surface area contributed by atoms with E-state index in [1.807, 2.05) is 0 Å². The van der Waals surface area contributed by atoms with Crippen LogP contribution in [-0.2, 0) is 0 Å². The van der Waals surface area contributed by atoms with E-state index in [0.717, 1.165) is 44.6 Å². The van der Waals surface area contributed by atoms with Crippen molar-refractivity contribution in [2.45, 2.75) is 0 Å². The molecule has 0 radical (unpaired) electrons. The highest BCUT2D eigenvalue weighted by Crippen LogP contribution is 2.52. The molecule has 2 aromatic heterocycles. The average molecular weight is 622 g/mol. The molecule has 0 spiro atoms. The van der Waals surface area contributed by atoms with Gasteiger partial charge in [-0.25, -0.2) is 9.97 Å². The van der Waals surface area contributed by atoms with E-state index in [0.29, 0.717) is 0 Å². The summed E-state index contributed by atoms with van der Waals surface area (Å²) in [7, 11) is 0. The Bertz CT molecular complexity index is 2970. The Morgan fingerprint density at radius 3 is 1.82 bits per heavy atom. The van der Waals surface area contributed by atoms with Gasteiger partial charge in [-0.1, -0.05) is 133 Å². The lowest BCUT2D eigenvalue weighted by atomic mass is 9.94. The minimum atomic E-state index is 0.720. The smallest absolute Gasteiger partial charge is 0.160 e. The van der Waals surface area contributed by atoms with Gasteiger partial charge in [-0.3, -0.25) is 0 Å². The lowest BCUT2D eigenvalue weighted by molar-refractivity contribution is 1.14. The maximum atomic E-state index is 5.35. The van der Waals surface area contributed by atoms with E-state index < -0.39 is 0 Å². The van der Waals surface area contributed by atoms with E-state index in [2.05, 4.69) is 168 Å². The van der Waals surface area contributed by atoms with Gasteiger partial charge in [0.25, 0.3) is 0 Å². The molecule has 3 nitrogen and oxygen atoms in total. The highest BCUT2D eigenvalue weighted by Gasteiger charge is 2.29. The first kappa shape index (κ1) is 26.5. The second-order valence-electron chi connectivity index (χ2n) is 12.9. The molecule has 11 rings (SSSR count). The fraction of sp³-hybridized carbons (Fsp3) is 0. The molecule has 1 aliphatic rings. The molecule has 0 atom stereocenters. The molecular formula is C46H27N3. The molecule has 0 fully saturated rings. The topological polar surface area (TPSA) is 30.7 Å². The normalized spacial score (nSPS) is 12.1. The summed E-state index contributed by atoms with van der Waals surface area (Å²) in [5, 5.41) is 9.70. The first-order chi connectivity index (χ1) is 24.3. The van der Waals surface area contributed by atoms with Crippen LogP contribution in [0.15, 0.2) is 164 Å². The number of hydrogen-bond acceptors (Lipinski definition) is 2. The van der Waals surface area contributed by atoms with E-state index >= 15 is 0 Å². The summed E-state index contributed by atoms with van der Waals surface area (Å²) in [5.41, 5.74) is 11.5. The van der Waals surface area contributed by atoms with Gasteiger partial charge in [-0.05, 0) is 62.8 Å². The van der Waals surface area contributed by atoms with Crippen molar-refractivity contribution in [1.29, 1.82) is 0 Å². The van der Waals surface area contributed by atoms with Crippen LogP contribution in [0.4, 0.5) is 0 Å². The molecule has 226 valence electrons. The fourth-order valence-corrected chi connectivity index (χ4v) is 8.25. The summed E-state index contributed by atoms with van der Waals surface area (Å²) in [4.78, 5) is 10.7. The molecule has 0 bridgehead atoms. The van der Waals surface area contributed by atoms with Crippen LogP contribution >= 0.6 is 0 Å². The maximum Gasteiger partial charge on any atom is 0.160 e. The van der Waals surface area contributed by atoms with Crippen LogP contribution in [0.1, 0.15) is 0 Å². The van der Waals surface area contributed by atoms with Gasteiger partial charge in [-0.2, -0.15) is 0 Å². The third-order valence-corrected chi connectivity index (χ3v) is 10.3. The first-order valence-electron chi connectivity index (χ1n) is 16.8. The van der Waals surface area contributed by atoms with Crippen molar-refractivity contribution in [3.63, 3.8) is 0 Å². The zero-order chi connectivity index (χ0) is 32.1. The first-order valence-corrected chi connectivity index (χ1v) is 16.8. The standard InChI is InChI=1S/C46H27N3/c1-2-12-29(13-3-1)43-42-34-18-6-4-16-32(34)33-17-5-7-19-35(33)44(42)48-46(47-43)30-24-26-31(27-25-30)49-39-23-9-8-20-36(39)41-37-21-10-14-28-15-11-22-38(40(28)37)45(41)49/h1-27H. The average Bonchev–Trinajstić information content (AvgIpc) is 3.69. The van der Waals surface area contributed by atoms with Crippen LogP contribution in [0, 0.1) is 0 Å². The summed E-state index contributed by atoms with van der Waals surface area (Å²) < 4.78 is 2.43. The number of hydrogen-bond donors (Lipinski definition) is 0. The quantitative estimate of drug-likeness (QED) is 0.184. The van der Waals surface area contributed by atoms with Crippen LogP contribution in [0.3, 0.4) is 0 Å². The van der Waals surface area contributed by atoms with Crippen LogP contribution in [0.5, 0.6) is 0 Å². The molecule has 49 heavy (non-hydrogen) atoms. The summed E-state index contributed by atoms with van der Waals surface area (Å²) in [6, 6.07) is 58.7. The van der Waals surface area contributed by atoms with Crippen molar-refractivity contribution in [3.8, 4) is 50.7 Å². The van der Waals surface area contributed by atoms with Crippen molar-refractivity contribution >= 4 is 54.1 Å². The molecule has 8 aromatic carbocycles. The predicted molar refractivity (Wildman–Crippen MR) is 204 cm³/mol. The summed E-state index contributed by atoms with van der Waals surface area (Å²) in [6.07, 6.45) is 0. The highest BCUT2D eigenvalue weighted by atomic mass is 15.0. The maximum absolute atomic E-state index is 5.35. The van der Waals surface area contributed by atoms with E-state index in [9.17, 15) is 0 Å². The molecule has 2 heterocycles. The summed E-state index contributed by atoms with van der Waals surface area (Å²) in [6.45, 7) is 0. The number of benzene rings is 8. The van der Waals surface area contributed by atoms with Crippen molar-refractivity contribution in [3.05, 3.63) is 164 Å². The highest BCUT2D eigenvalue weighted by molar-refractivity contribution is 6.27. The van der Waals surface area contributed by atoms with Crippen LogP contribution in [-0.4, -0.2) is 14.5 Å². The molecule has 1 aliphatic carbocycles. The molecule has 0 saturated carbocycles. The Balaban J connectivity index is 1.15. The van der Waals surface area contributed by atoms with Gasteiger partial charge in [0.05, 0.1) is 22.4 Å². The molecule has 0 saturated heterocycles. The largest absolute Gasteiger partial charge is 0.309 e.